The maximum absolute atomic E-state index is 13.0. The smallest absolute Gasteiger partial charge is 0.300 e. The fourth-order valence-electron chi connectivity index (χ4n) is 3.35. The molecular formula is C22H13Cl3N2O3. The molecule has 0 spiro atoms. The Bertz CT molecular complexity index is 1180. The Morgan fingerprint density at radius 1 is 0.967 bits per heavy atom. The Balaban J connectivity index is 1.94. The quantitative estimate of drug-likeness (QED) is 0.311. The van der Waals surface area contributed by atoms with Crippen LogP contribution in [0.5, 0.6) is 0 Å². The molecule has 1 aromatic heterocycles. The van der Waals surface area contributed by atoms with Gasteiger partial charge in [-0.15, -0.1) is 0 Å². The van der Waals surface area contributed by atoms with Crippen LogP contribution in [0.15, 0.2) is 72.6 Å². The first-order chi connectivity index (χ1) is 14.4. The van der Waals surface area contributed by atoms with Crippen molar-refractivity contribution in [2.75, 3.05) is 4.90 Å². The molecule has 2 heterocycles. The first-order valence-corrected chi connectivity index (χ1v) is 9.94. The standard InChI is InChI=1S/C22H13Cl3N2O3/c23-14-4-6-15(7-5-14)27-19(13-2-1-9-26-11-13)18(21(29)22(27)30)20(28)12-3-8-16(24)17(25)10-12/h1-11,19,28H/b20-18-. The monoisotopic (exact) mass is 458 g/mol. The molecule has 1 N–H and O–H groups in total. The molecule has 0 saturated carbocycles. The van der Waals surface area contributed by atoms with E-state index >= 15 is 0 Å². The van der Waals surface area contributed by atoms with Crippen LogP contribution in [0.25, 0.3) is 5.76 Å². The number of pyridine rings is 1. The molecule has 0 aliphatic carbocycles. The number of rotatable bonds is 3. The van der Waals surface area contributed by atoms with Gasteiger partial charge in [-0.1, -0.05) is 40.9 Å². The molecule has 8 heteroatoms. The van der Waals surface area contributed by atoms with Gasteiger partial charge in [-0.2, -0.15) is 0 Å². The number of aliphatic hydroxyl groups is 1. The number of hydrogen-bond acceptors (Lipinski definition) is 4. The maximum atomic E-state index is 13.0. The van der Waals surface area contributed by atoms with Crippen LogP contribution < -0.4 is 4.90 Å². The summed E-state index contributed by atoms with van der Waals surface area (Å²) in [5.74, 6) is -1.94. The highest BCUT2D eigenvalue weighted by Gasteiger charge is 2.47. The van der Waals surface area contributed by atoms with Crippen molar-refractivity contribution in [3.05, 3.63) is 98.8 Å². The summed E-state index contributed by atoms with van der Waals surface area (Å²) in [4.78, 5) is 31.4. The van der Waals surface area contributed by atoms with Crippen molar-refractivity contribution in [3.63, 3.8) is 0 Å². The number of hydrogen-bond donors (Lipinski definition) is 1. The van der Waals surface area contributed by atoms with Crippen molar-refractivity contribution in [2.45, 2.75) is 6.04 Å². The van der Waals surface area contributed by atoms with Crippen LogP contribution in [0.3, 0.4) is 0 Å². The maximum Gasteiger partial charge on any atom is 0.300 e. The van der Waals surface area contributed by atoms with E-state index in [-0.39, 0.29) is 21.9 Å². The third-order valence-electron chi connectivity index (χ3n) is 4.74. The van der Waals surface area contributed by atoms with Gasteiger partial charge in [0.1, 0.15) is 5.76 Å². The van der Waals surface area contributed by atoms with E-state index in [1.807, 2.05) is 0 Å². The molecule has 30 heavy (non-hydrogen) atoms. The number of amides is 1. The number of halogens is 3. The topological polar surface area (TPSA) is 70.5 Å². The normalized spacial score (nSPS) is 18.1. The molecule has 1 atom stereocenters. The number of carbonyl (C=O) groups is 2. The first kappa shape index (κ1) is 20.4. The molecule has 1 unspecified atom stereocenters. The van der Waals surface area contributed by atoms with Crippen molar-refractivity contribution >= 4 is 57.9 Å². The highest BCUT2D eigenvalue weighted by atomic mass is 35.5. The van der Waals surface area contributed by atoms with E-state index < -0.39 is 17.7 Å². The van der Waals surface area contributed by atoms with Crippen LogP contribution in [-0.4, -0.2) is 21.8 Å². The second-order valence-electron chi connectivity index (χ2n) is 6.56. The number of aliphatic hydroxyl groups excluding tert-OH is 1. The summed E-state index contributed by atoms with van der Waals surface area (Å²) in [5, 5.41) is 12.0. The number of ketones is 1. The Morgan fingerprint density at radius 3 is 2.33 bits per heavy atom. The Labute approximate surface area is 187 Å². The van der Waals surface area contributed by atoms with Gasteiger partial charge in [0, 0.05) is 28.7 Å². The van der Waals surface area contributed by atoms with Crippen LogP contribution in [0.4, 0.5) is 5.69 Å². The fraction of sp³-hybridized carbons (Fsp3) is 0.0455. The van der Waals surface area contributed by atoms with Gasteiger partial charge in [-0.3, -0.25) is 19.5 Å². The largest absolute Gasteiger partial charge is 0.507 e. The number of nitrogens with zero attached hydrogens (tertiary/aromatic N) is 2. The van der Waals surface area contributed by atoms with Gasteiger partial charge in [0.05, 0.1) is 21.7 Å². The van der Waals surface area contributed by atoms with E-state index in [1.165, 1.54) is 23.1 Å². The summed E-state index contributed by atoms with van der Waals surface area (Å²) in [6, 6.07) is 13.5. The van der Waals surface area contributed by atoms with E-state index in [4.69, 9.17) is 34.8 Å². The van der Waals surface area contributed by atoms with Gasteiger partial charge in [-0.25, -0.2) is 0 Å². The third-order valence-corrected chi connectivity index (χ3v) is 5.73. The average Bonchev–Trinajstić information content (AvgIpc) is 3.02. The zero-order valence-corrected chi connectivity index (χ0v) is 17.5. The lowest BCUT2D eigenvalue weighted by molar-refractivity contribution is -0.132. The van der Waals surface area contributed by atoms with Gasteiger partial charge in [-0.05, 0) is 54.1 Å². The number of anilines is 1. The third kappa shape index (κ3) is 3.56. The average molecular weight is 460 g/mol. The van der Waals surface area contributed by atoms with Gasteiger partial charge < -0.3 is 5.11 Å². The SMILES string of the molecule is O=C1C(=O)N(c2ccc(Cl)cc2)C(c2cccnc2)/C1=C(/O)c1ccc(Cl)c(Cl)c1. The number of Topliss-reactive ketones (excluding diaryl/α,β-unsaturated/α-hetero) is 1. The molecule has 150 valence electrons. The minimum Gasteiger partial charge on any atom is -0.507 e. The first-order valence-electron chi connectivity index (χ1n) is 8.80. The summed E-state index contributed by atoms with van der Waals surface area (Å²) < 4.78 is 0. The predicted octanol–water partition coefficient (Wildman–Crippen LogP) is 5.67. The molecule has 3 aromatic rings. The highest BCUT2D eigenvalue weighted by molar-refractivity contribution is 6.52. The van der Waals surface area contributed by atoms with Crippen molar-refractivity contribution < 1.29 is 14.7 Å². The van der Waals surface area contributed by atoms with E-state index in [2.05, 4.69) is 4.98 Å². The second kappa shape index (κ2) is 8.11. The van der Waals surface area contributed by atoms with Crippen LogP contribution in [0.2, 0.25) is 15.1 Å². The van der Waals surface area contributed by atoms with Gasteiger partial charge in [0.2, 0.25) is 0 Å². The van der Waals surface area contributed by atoms with Crippen molar-refractivity contribution in [1.29, 1.82) is 0 Å². The molecule has 5 nitrogen and oxygen atoms in total. The molecule has 1 amide bonds. The van der Waals surface area contributed by atoms with Crippen LogP contribution in [-0.2, 0) is 9.59 Å². The van der Waals surface area contributed by atoms with E-state index in [0.29, 0.717) is 21.3 Å². The Morgan fingerprint density at radius 2 is 1.70 bits per heavy atom. The summed E-state index contributed by atoms with van der Waals surface area (Å²) in [6.07, 6.45) is 3.12. The van der Waals surface area contributed by atoms with Crippen molar-refractivity contribution in [2.24, 2.45) is 0 Å². The zero-order valence-electron chi connectivity index (χ0n) is 15.2. The number of aromatic nitrogens is 1. The summed E-state index contributed by atoms with van der Waals surface area (Å²) >= 11 is 18.0. The summed E-state index contributed by atoms with van der Waals surface area (Å²) in [5.41, 5.74) is 1.23. The molecule has 1 saturated heterocycles. The molecule has 4 rings (SSSR count). The van der Waals surface area contributed by atoms with Crippen LogP contribution in [0.1, 0.15) is 17.2 Å². The lowest BCUT2D eigenvalue weighted by atomic mass is 9.96. The zero-order chi connectivity index (χ0) is 21.4. The van der Waals surface area contributed by atoms with Crippen LogP contribution >= 0.6 is 34.8 Å². The summed E-state index contributed by atoms with van der Waals surface area (Å²) in [6.45, 7) is 0. The lowest BCUT2D eigenvalue weighted by Crippen LogP contribution is -2.29. The van der Waals surface area contributed by atoms with Gasteiger partial charge in [0.25, 0.3) is 11.7 Å². The minimum absolute atomic E-state index is 0.0682. The Hall–Kier alpha value is -2.86. The Kier molecular flexibility index (Phi) is 5.52. The molecule has 1 aliphatic heterocycles. The van der Waals surface area contributed by atoms with Crippen LogP contribution in [0, 0.1) is 0 Å². The van der Waals surface area contributed by atoms with Crippen molar-refractivity contribution in [3.8, 4) is 0 Å². The molecule has 2 aromatic carbocycles. The second-order valence-corrected chi connectivity index (χ2v) is 7.81. The highest BCUT2D eigenvalue weighted by Crippen LogP contribution is 2.42. The van der Waals surface area contributed by atoms with E-state index in [1.54, 1.807) is 48.8 Å². The predicted molar refractivity (Wildman–Crippen MR) is 117 cm³/mol. The molecule has 1 fully saturated rings. The summed E-state index contributed by atoms with van der Waals surface area (Å²) in [7, 11) is 0. The minimum atomic E-state index is -0.880. The molecule has 0 radical (unpaired) electrons. The van der Waals surface area contributed by atoms with E-state index in [0.717, 1.165) is 0 Å². The number of carbonyl (C=O) groups excluding carboxylic acids is 2. The van der Waals surface area contributed by atoms with Gasteiger partial charge in [0.15, 0.2) is 0 Å². The fourth-order valence-corrected chi connectivity index (χ4v) is 3.78. The number of benzene rings is 2. The molecule has 1 aliphatic rings. The van der Waals surface area contributed by atoms with E-state index in [9.17, 15) is 14.7 Å². The molecule has 0 bridgehead atoms. The lowest BCUT2D eigenvalue weighted by Gasteiger charge is -2.25. The van der Waals surface area contributed by atoms with Crippen molar-refractivity contribution in [1.82, 2.24) is 4.98 Å². The van der Waals surface area contributed by atoms with Gasteiger partial charge >= 0.3 is 0 Å². The molecular weight excluding hydrogens is 447 g/mol.